The van der Waals surface area contributed by atoms with Crippen LogP contribution in [0.25, 0.3) is 11.4 Å². The molecule has 0 atom stereocenters. The van der Waals surface area contributed by atoms with E-state index in [-0.39, 0.29) is 4.47 Å². The molecule has 0 fully saturated rings. The molecule has 0 saturated carbocycles. The lowest BCUT2D eigenvalue weighted by atomic mass is 10.3. The average molecular weight is 270 g/mol. The maximum atomic E-state index is 11.5. The molecule has 2 aromatic heterocycles. The van der Waals surface area contributed by atoms with Crippen molar-refractivity contribution in [3.63, 3.8) is 0 Å². The molecule has 5 nitrogen and oxygen atoms in total. The Labute approximate surface area is 106 Å². The molecule has 0 bridgehead atoms. The lowest BCUT2D eigenvalue weighted by Crippen LogP contribution is -2.01. The topological polar surface area (TPSA) is 65.0 Å². The van der Waals surface area contributed by atoms with Crippen molar-refractivity contribution in [2.45, 2.75) is 6.92 Å². The molecule has 0 spiro atoms. The van der Waals surface area contributed by atoms with E-state index in [9.17, 15) is 4.79 Å². The largest absolute Gasteiger partial charge is 0.465 e. The molecule has 17 heavy (non-hydrogen) atoms. The predicted octanol–water partition coefficient (Wildman–Crippen LogP) is 2.35. The highest BCUT2D eigenvalue weighted by molar-refractivity contribution is 7.17. The van der Waals surface area contributed by atoms with Crippen LogP contribution >= 0.6 is 22.9 Å². The van der Waals surface area contributed by atoms with Gasteiger partial charge in [0.15, 0.2) is 4.47 Å². The molecule has 2 heterocycles. The summed E-state index contributed by atoms with van der Waals surface area (Å²) in [7, 11) is 1.31. The monoisotopic (exact) mass is 269 g/mol. The van der Waals surface area contributed by atoms with Gasteiger partial charge in [-0.15, -0.1) is 0 Å². The van der Waals surface area contributed by atoms with Gasteiger partial charge in [0.2, 0.25) is 0 Å². The number of hydrogen-bond donors (Lipinski definition) is 0. The standard InChI is InChI=1S/C10H8ClN3O2S/c1-5-3-13-6(4-12-5)7-8(9(15)16-2)17-10(11)14-7/h3-4H,1-2H3. The number of halogens is 1. The number of carbonyl (C=O) groups excluding carboxylic acids is 1. The number of methoxy groups -OCH3 is 1. The lowest BCUT2D eigenvalue weighted by Gasteiger charge is -1.99. The highest BCUT2D eigenvalue weighted by Crippen LogP contribution is 2.29. The van der Waals surface area contributed by atoms with Crippen molar-refractivity contribution < 1.29 is 9.53 Å². The molecule has 0 unspecified atom stereocenters. The van der Waals surface area contributed by atoms with Gasteiger partial charge in [-0.3, -0.25) is 9.97 Å². The second-order valence-electron chi connectivity index (χ2n) is 3.18. The summed E-state index contributed by atoms with van der Waals surface area (Å²) in [5.74, 6) is -0.480. The van der Waals surface area contributed by atoms with Gasteiger partial charge >= 0.3 is 5.97 Å². The number of aromatic nitrogens is 3. The zero-order chi connectivity index (χ0) is 12.4. The highest BCUT2D eigenvalue weighted by Gasteiger charge is 2.20. The molecule has 7 heteroatoms. The first-order chi connectivity index (χ1) is 8.11. The van der Waals surface area contributed by atoms with Gasteiger partial charge < -0.3 is 4.74 Å². The molecule has 0 aliphatic heterocycles. The van der Waals surface area contributed by atoms with Crippen LogP contribution in [-0.4, -0.2) is 28.0 Å². The van der Waals surface area contributed by atoms with Crippen LogP contribution in [0.3, 0.4) is 0 Å². The Hall–Kier alpha value is -1.53. The summed E-state index contributed by atoms with van der Waals surface area (Å²) < 4.78 is 4.93. The molecular weight excluding hydrogens is 262 g/mol. The molecule has 0 N–H and O–H groups in total. The molecule has 0 aliphatic rings. The van der Waals surface area contributed by atoms with Gasteiger partial charge in [0.05, 0.1) is 19.0 Å². The van der Waals surface area contributed by atoms with Crippen LogP contribution in [0, 0.1) is 6.92 Å². The molecule has 0 aromatic carbocycles. The number of aryl methyl sites for hydroxylation is 1. The van der Waals surface area contributed by atoms with E-state index < -0.39 is 5.97 Å². The molecule has 0 amide bonds. The maximum Gasteiger partial charge on any atom is 0.350 e. The number of rotatable bonds is 2. The lowest BCUT2D eigenvalue weighted by molar-refractivity contribution is 0.0607. The Morgan fingerprint density at radius 1 is 1.41 bits per heavy atom. The third-order valence-electron chi connectivity index (χ3n) is 2.00. The number of nitrogens with zero attached hydrogens (tertiary/aromatic N) is 3. The summed E-state index contributed by atoms with van der Waals surface area (Å²) in [6.45, 7) is 1.83. The van der Waals surface area contributed by atoms with Crippen LogP contribution in [0.2, 0.25) is 4.47 Å². The minimum Gasteiger partial charge on any atom is -0.465 e. The van der Waals surface area contributed by atoms with Crippen molar-refractivity contribution in [1.29, 1.82) is 0 Å². The quantitative estimate of drug-likeness (QED) is 0.783. The summed E-state index contributed by atoms with van der Waals surface area (Å²) in [4.78, 5) is 24.2. The average Bonchev–Trinajstić information content (AvgIpc) is 2.71. The first kappa shape index (κ1) is 11.9. The molecule has 0 radical (unpaired) electrons. The van der Waals surface area contributed by atoms with Crippen molar-refractivity contribution >= 4 is 28.9 Å². The van der Waals surface area contributed by atoms with Crippen LogP contribution in [0.1, 0.15) is 15.4 Å². The molecule has 2 rings (SSSR count). The van der Waals surface area contributed by atoms with Crippen LogP contribution in [0.15, 0.2) is 12.4 Å². The SMILES string of the molecule is COC(=O)c1sc(Cl)nc1-c1cnc(C)cn1. The van der Waals surface area contributed by atoms with Crippen LogP contribution < -0.4 is 0 Å². The second kappa shape index (κ2) is 4.77. The van der Waals surface area contributed by atoms with Crippen molar-refractivity contribution in [2.24, 2.45) is 0 Å². The third-order valence-corrected chi connectivity index (χ3v) is 3.14. The first-order valence-electron chi connectivity index (χ1n) is 4.65. The number of ether oxygens (including phenoxy) is 1. The number of hydrogen-bond acceptors (Lipinski definition) is 6. The molecule has 0 aliphatic carbocycles. The maximum absolute atomic E-state index is 11.5. The van der Waals surface area contributed by atoms with E-state index in [2.05, 4.69) is 19.7 Å². The van der Waals surface area contributed by atoms with E-state index >= 15 is 0 Å². The fourth-order valence-electron chi connectivity index (χ4n) is 1.21. The Bertz CT molecular complexity index is 553. The summed E-state index contributed by atoms with van der Waals surface area (Å²) in [5, 5.41) is 0. The predicted molar refractivity (Wildman–Crippen MR) is 64.2 cm³/mol. The Morgan fingerprint density at radius 3 is 2.76 bits per heavy atom. The van der Waals surface area contributed by atoms with E-state index in [0.29, 0.717) is 16.3 Å². The van der Waals surface area contributed by atoms with E-state index in [1.807, 2.05) is 6.92 Å². The molecular formula is C10H8ClN3O2S. The van der Waals surface area contributed by atoms with Crippen molar-refractivity contribution in [2.75, 3.05) is 7.11 Å². The highest BCUT2D eigenvalue weighted by atomic mass is 35.5. The summed E-state index contributed by atoms with van der Waals surface area (Å²) >= 11 is 6.86. The summed E-state index contributed by atoms with van der Waals surface area (Å²) in [5.41, 5.74) is 1.69. The first-order valence-corrected chi connectivity index (χ1v) is 5.85. The van der Waals surface area contributed by atoms with E-state index in [1.165, 1.54) is 7.11 Å². The fourth-order valence-corrected chi connectivity index (χ4v) is 2.25. The van der Waals surface area contributed by atoms with Crippen LogP contribution in [-0.2, 0) is 4.74 Å². The Balaban J connectivity index is 2.51. The molecule has 2 aromatic rings. The van der Waals surface area contributed by atoms with Gasteiger partial charge in [0, 0.05) is 6.20 Å². The minimum absolute atomic E-state index is 0.266. The van der Waals surface area contributed by atoms with Crippen LogP contribution in [0.5, 0.6) is 0 Å². The van der Waals surface area contributed by atoms with E-state index in [0.717, 1.165) is 17.0 Å². The van der Waals surface area contributed by atoms with Crippen LogP contribution in [0.4, 0.5) is 0 Å². The van der Waals surface area contributed by atoms with Gasteiger partial charge in [-0.05, 0) is 6.92 Å². The summed E-state index contributed by atoms with van der Waals surface area (Å²) in [6.07, 6.45) is 3.15. The van der Waals surface area contributed by atoms with Gasteiger partial charge in [-0.2, -0.15) is 0 Å². The van der Waals surface area contributed by atoms with Gasteiger partial charge in [0.1, 0.15) is 16.3 Å². The summed E-state index contributed by atoms with van der Waals surface area (Å²) in [6, 6.07) is 0. The zero-order valence-electron chi connectivity index (χ0n) is 9.10. The third kappa shape index (κ3) is 2.42. The van der Waals surface area contributed by atoms with E-state index in [4.69, 9.17) is 11.6 Å². The Morgan fingerprint density at radius 2 is 2.18 bits per heavy atom. The fraction of sp³-hybridized carbons (Fsp3) is 0.200. The smallest absolute Gasteiger partial charge is 0.350 e. The number of esters is 1. The zero-order valence-corrected chi connectivity index (χ0v) is 10.7. The van der Waals surface area contributed by atoms with Crippen molar-refractivity contribution in [3.8, 4) is 11.4 Å². The number of thiazole rings is 1. The van der Waals surface area contributed by atoms with E-state index in [1.54, 1.807) is 12.4 Å². The van der Waals surface area contributed by atoms with Crippen molar-refractivity contribution in [3.05, 3.63) is 27.4 Å². The molecule has 0 saturated heterocycles. The van der Waals surface area contributed by atoms with Gasteiger partial charge in [-0.1, -0.05) is 22.9 Å². The normalized spacial score (nSPS) is 10.3. The van der Waals surface area contributed by atoms with Gasteiger partial charge in [-0.25, -0.2) is 9.78 Å². The molecule has 88 valence electrons. The van der Waals surface area contributed by atoms with Crippen molar-refractivity contribution in [1.82, 2.24) is 15.0 Å². The minimum atomic E-state index is -0.480. The number of carbonyl (C=O) groups is 1. The Kier molecular flexibility index (Phi) is 3.35. The second-order valence-corrected chi connectivity index (χ2v) is 4.76. The van der Waals surface area contributed by atoms with Gasteiger partial charge in [0.25, 0.3) is 0 Å².